The first-order chi connectivity index (χ1) is 10.4. The predicted octanol–water partition coefficient (Wildman–Crippen LogP) is 2.52. The minimum Gasteiger partial charge on any atom is -0.310 e. The van der Waals surface area contributed by atoms with Gasteiger partial charge in [-0.25, -0.2) is 12.8 Å². The van der Waals surface area contributed by atoms with Gasteiger partial charge in [0.1, 0.15) is 10.7 Å². The van der Waals surface area contributed by atoms with E-state index >= 15 is 0 Å². The predicted molar refractivity (Wildman–Crippen MR) is 83.9 cm³/mol. The molecular formula is C16H19FN2O2S. The van der Waals surface area contributed by atoms with Gasteiger partial charge in [0.2, 0.25) is 0 Å². The van der Waals surface area contributed by atoms with E-state index in [9.17, 15) is 12.8 Å². The third-order valence-corrected chi connectivity index (χ3v) is 4.54. The van der Waals surface area contributed by atoms with E-state index in [0.29, 0.717) is 12.1 Å². The molecule has 0 saturated carbocycles. The number of nitrogens with zero attached hydrogens (tertiary/aromatic N) is 1. The number of nitrogens with one attached hydrogen (secondary N) is 1. The normalized spacial score (nSPS) is 13.0. The van der Waals surface area contributed by atoms with Crippen molar-refractivity contribution in [3.05, 3.63) is 59.7 Å². The fourth-order valence-corrected chi connectivity index (χ4v) is 2.90. The molecule has 1 N–H and O–H groups in total. The molecule has 1 heterocycles. The maximum absolute atomic E-state index is 13.9. The highest BCUT2D eigenvalue weighted by atomic mass is 32.2. The number of rotatable bonds is 6. The van der Waals surface area contributed by atoms with Crippen molar-refractivity contribution in [3.63, 3.8) is 0 Å². The van der Waals surface area contributed by atoms with Crippen molar-refractivity contribution in [2.45, 2.75) is 24.3 Å². The van der Waals surface area contributed by atoms with Crippen LogP contribution in [0.25, 0.3) is 0 Å². The van der Waals surface area contributed by atoms with Crippen LogP contribution >= 0.6 is 0 Å². The zero-order valence-electron chi connectivity index (χ0n) is 12.6. The Labute approximate surface area is 130 Å². The first kappa shape index (κ1) is 16.6. The summed E-state index contributed by atoms with van der Waals surface area (Å²) in [6.07, 6.45) is 3.52. The van der Waals surface area contributed by atoms with Crippen molar-refractivity contribution >= 4 is 9.84 Å². The highest BCUT2D eigenvalue weighted by Gasteiger charge is 2.15. The molecule has 0 bridgehead atoms. The van der Waals surface area contributed by atoms with Crippen molar-refractivity contribution < 1.29 is 12.8 Å². The SMILES string of the molecule is C[C@H](NCCc1ccccn1)c1ccc(S(C)(=O)=O)c(F)c1. The van der Waals surface area contributed by atoms with Crippen LogP contribution in [0.4, 0.5) is 4.39 Å². The minimum absolute atomic E-state index is 0.0770. The molecule has 4 nitrogen and oxygen atoms in total. The van der Waals surface area contributed by atoms with Crippen LogP contribution in [0, 0.1) is 5.82 Å². The van der Waals surface area contributed by atoms with Gasteiger partial charge in [-0.05, 0) is 36.8 Å². The molecule has 0 fully saturated rings. The average molecular weight is 322 g/mol. The minimum atomic E-state index is -3.53. The number of pyridine rings is 1. The zero-order valence-corrected chi connectivity index (χ0v) is 13.4. The van der Waals surface area contributed by atoms with Gasteiger partial charge in [-0.3, -0.25) is 4.98 Å². The van der Waals surface area contributed by atoms with Crippen molar-refractivity contribution in [2.24, 2.45) is 0 Å². The van der Waals surface area contributed by atoms with E-state index in [-0.39, 0.29) is 10.9 Å². The van der Waals surface area contributed by atoms with Crippen LogP contribution in [0.2, 0.25) is 0 Å². The van der Waals surface area contributed by atoms with Crippen LogP contribution in [0.5, 0.6) is 0 Å². The first-order valence-electron chi connectivity index (χ1n) is 7.01. The highest BCUT2D eigenvalue weighted by molar-refractivity contribution is 7.90. The largest absolute Gasteiger partial charge is 0.310 e. The van der Waals surface area contributed by atoms with Crippen molar-refractivity contribution in [3.8, 4) is 0 Å². The lowest BCUT2D eigenvalue weighted by Gasteiger charge is -2.15. The van der Waals surface area contributed by atoms with Gasteiger partial charge in [0.25, 0.3) is 0 Å². The second-order valence-corrected chi connectivity index (χ2v) is 7.19. The van der Waals surface area contributed by atoms with Gasteiger partial charge in [-0.2, -0.15) is 0 Å². The maximum atomic E-state index is 13.9. The van der Waals surface area contributed by atoms with Gasteiger partial charge in [0.15, 0.2) is 9.84 Å². The molecule has 0 aliphatic rings. The van der Waals surface area contributed by atoms with Crippen LogP contribution in [0.1, 0.15) is 24.2 Å². The Morgan fingerprint density at radius 1 is 1.27 bits per heavy atom. The summed E-state index contributed by atoms with van der Waals surface area (Å²) in [5.74, 6) is -0.710. The smallest absolute Gasteiger partial charge is 0.178 e. The lowest BCUT2D eigenvalue weighted by Crippen LogP contribution is -2.22. The standard InChI is InChI=1S/C16H19FN2O2S/c1-12(18-10-8-14-5-3-4-9-19-14)13-6-7-16(15(17)11-13)22(2,20)21/h3-7,9,11-12,18H,8,10H2,1-2H3/t12-/m0/s1. The van der Waals surface area contributed by atoms with E-state index in [0.717, 1.165) is 18.4 Å². The number of hydrogen-bond donors (Lipinski definition) is 1. The molecule has 6 heteroatoms. The highest BCUT2D eigenvalue weighted by Crippen LogP contribution is 2.20. The van der Waals surface area contributed by atoms with E-state index < -0.39 is 15.7 Å². The topological polar surface area (TPSA) is 59.1 Å². The zero-order chi connectivity index (χ0) is 16.2. The van der Waals surface area contributed by atoms with Crippen molar-refractivity contribution in [1.29, 1.82) is 0 Å². The third-order valence-electron chi connectivity index (χ3n) is 3.41. The summed E-state index contributed by atoms with van der Waals surface area (Å²) in [4.78, 5) is 3.97. The Kier molecular flexibility index (Phi) is 5.26. The maximum Gasteiger partial charge on any atom is 0.178 e. The van der Waals surface area contributed by atoms with E-state index in [1.165, 1.54) is 12.1 Å². The Morgan fingerprint density at radius 2 is 2.05 bits per heavy atom. The quantitative estimate of drug-likeness (QED) is 0.888. The van der Waals surface area contributed by atoms with E-state index in [1.807, 2.05) is 25.1 Å². The van der Waals surface area contributed by atoms with Gasteiger partial charge >= 0.3 is 0 Å². The Hall–Kier alpha value is -1.79. The molecule has 22 heavy (non-hydrogen) atoms. The molecule has 118 valence electrons. The summed E-state index contributed by atoms with van der Waals surface area (Å²) in [5.41, 5.74) is 1.70. The number of aromatic nitrogens is 1. The van der Waals surface area contributed by atoms with Gasteiger partial charge in [0, 0.05) is 37.2 Å². The molecular weight excluding hydrogens is 303 g/mol. The molecule has 0 radical (unpaired) electrons. The van der Waals surface area contributed by atoms with Crippen LogP contribution in [0.3, 0.4) is 0 Å². The van der Waals surface area contributed by atoms with E-state index in [2.05, 4.69) is 10.3 Å². The molecule has 0 spiro atoms. The van der Waals surface area contributed by atoms with Gasteiger partial charge < -0.3 is 5.32 Å². The monoisotopic (exact) mass is 322 g/mol. The number of benzene rings is 1. The molecule has 0 saturated heterocycles. The Morgan fingerprint density at radius 3 is 2.64 bits per heavy atom. The summed E-state index contributed by atoms with van der Waals surface area (Å²) >= 11 is 0. The van der Waals surface area contributed by atoms with Gasteiger partial charge in [0.05, 0.1) is 0 Å². The van der Waals surface area contributed by atoms with Crippen LogP contribution in [-0.2, 0) is 16.3 Å². The number of hydrogen-bond acceptors (Lipinski definition) is 4. The number of halogens is 1. The molecule has 0 aliphatic heterocycles. The van der Waals surface area contributed by atoms with Crippen molar-refractivity contribution in [1.82, 2.24) is 10.3 Å². The fraction of sp³-hybridized carbons (Fsp3) is 0.312. The molecule has 1 atom stereocenters. The summed E-state index contributed by atoms with van der Waals surface area (Å²) < 4.78 is 36.7. The summed E-state index contributed by atoms with van der Waals surface area (Å²) in [6.45, 7) is 2.61. The molecule has 2 rings (SSSR count). The second kappa shape index (κ2) is 6.98. The lowest BCUT2D eigenvalue weighted by atomic mass is 10.1. The molecule has 0 unspecified atom stereocenters. The van der Waals surface area contributed by atoms with E-state index in [1.54, 1.807) is 12.3 Å². The summed E-state index contributed by atoms with van der Waals surface area (Å²) in [7, 11) is -3.53. The first-order valence-corrected chi connectivity index (χ1v) is 8.90. The fourth-order valence-electron chi connectivity index (χ4n) is 2.17. The van der Waals surface area contributed by atoms with E-state index in [4.69, 9.17) is 0 Å². The average Bonchev–Trinajstić information content (AvgIpc) is 2.46. The van der Waals surface area contributed by atoms with Crippen LogP contribution in [-0.4, -0.2) is 26.2 Å². The molecule has 2 aromatic rings. The Balaban J connectivity index is 1.98. The van der Waals surface area contributed by atoms with Crippen molar-refractivity contribution in [2.75, 3.05) is 12.8 Å². The lowest BCUT2D eigenvalue weighted by molar-refractivity contribution is 0.550. The Bertz CT molecular complexity index is 733. The molecule has 0 aliphatic carbocycles. The third kappa shape index (κ3) is 4.35. The van der Waals surface area contributed by atoms with Gasteiger partial charge in [-0.1, -0.05) is 12.1 Å². The number of sulfone groups is 1. The van der Waals surface area contributed by atoms with Crippen LogP contribution < -0.4 is 5.32 Å². The molecule has 0 amide bonds. The summed E-state index contributed by atoms with van der Waals surface area (Å²) in [5, 5.41) is 3.28. The van der Waals surface area contributed by atoms with Gasteiger partial charge in [-0.15, -0.1) is 0 Å². The molecule has 1 aromatic carbocycles. The van der Waals surface area contributed by atoms with Crippen LogP contribution in [0.15, 0.2) is 47.5 Å². The summed E-state index contributed by atoms with van der Waals surface area (Å²) in [6, 6.07) is 9.90. The second-order valence-electron chi connectivity index (χ2n) is 5.21. The molecule has 1 aromatic heterocycles.